The molecule has 1 atom stereocenters. The Bertz CT molecular complexity index is 705. The second-order valence-electron chi connectivity index (χ2n) is 5.71. The van der Waals surface area contributed by atoms with E-state index in [1.165, 1.54) is 0 Å². The lowest BCUT2D eigenvalue weighted by Gasteiger charge is -2.16. The van der Waals surface area contributed by atoms with E-state index in [4.69, 9.17) is 10.5 Å². The van der Waals surface area contributed by atoms with Crippen LogP contribution in [-0.2, 0) is 6.61 Å². The monoisotopic (exact) mass is 374 g/mol. The number of halogens is 1. The molecule has 4 nitrogen and oxygen atoms in total. The van der Waals surface area contributed by atoms with E-state index in [-0.39, 0.29) is 11.9 Å². The number of hydrogen-bond acceptors (Lipinski definition) is 3. The fraction of sp³-hybridized carbons (Fsp3) is 0.278. The highest BCUT2D eigenvalue weighted by Crippen LogP contribution is 2.21. The van der Waals surface area contributed by atoms with Crippen molar-refractivity contribution in [1.29, 1.82) is 0 Å². The molecule has 0 bridgehead atoms. The quantitative estimate of drug-likeness (QED) is 0.893. The van der Waals surface area contributed by atoms with E-state index in [0.717, 1.165) is 23.0 Å². The summed E-state index contributed by atoms with van der Waals surface area (Å²) in [7, 11) is 0. The first-order valence-electron chi connectivity index (χ1n) is 7.64. The van der Waals surface area contributed by atoms with Crippen molar-refractivity contribution in [2.24, 2.45) is 5.73 Å². The Morgan fingerprint density at radius 2 is 2.09 bits per heavy atom. The summed E-state index contributed by atoms with van der Waals surface area (Å²) in [5, 5.41) is 0. The van der Waals surface area contributed by atoms with Gasteiger partial charge in [-0.05, 0) is 30.7 Å². The van der Waals surface area contributed by atoms with Gasteiger partial charge in [0, 0.05) is 34.7 Å². The van der Waals surface area contributed by atoms with E-state index in [1.54, 1.807) is 11.0 Å². The van der Waals surface area contributed by atoms with Crippen LogP contribution in [0.15, 0.2) is 53.0 Å². The number of likely N-dealkylation sites (tertiary alicyclic amines) is 1. The van der Waals surface area contributed by atoms with Crippen molar-refractivity contribution < 1.29 is 9.53 Å². The molecule has 0 aromatic heterocycles. The molecule has 1 saturated heterocycles. The SMILES string of the molecule is N[C@@H]1CCN(C(=O)c2cccc(OCc3ccccc3Br)c2)C1. The van der Waals surface area contributed by atoms with E-state index in [9.17, 15) is 4.79 Å². The van der Waals surface area contributed by atoms with Crippen LogP contribution < -0.4 is 10.5 Å². The van der Waals surface area contributed by atoms with Crippen LogP contribution in [0.2, 0.25) is 0 Å². The van der Waals surface area contributed by atoms with Crippen molar-refractivity contribution in [3.63, 3.8) is 0 Å². The van der Waals surface area contributed by atoms with Crippen molar-refractivity contribution in [1.82, 2.24) is 4.90 Å². The third-order valence-electron chi connectivity index (χ3n) is 3.95. The van der Waals surface area contributed by atoms with E-state index in [0.29, 0.717) is 24.5 Å². The average Bonchev–Trinajstić information content (AvgIpc) is 3.00. The molecule has 1 aliphatic heterocycles. The molecule has 23 heavy (non-hydrogen) atoms. The molecule has 1 fully saturated rings. The lowest BCUT2D eigenvalue weighted by molar-refractivity contribution is 0.0790. The van der Waals surface area contributed by atoms with Crippen molar-refractivity contribution >= 4 is 21.8 Å². The van der Waals surface area contributed by atoms with Gasteiger partial charge in [0.1, 0.15) is 12.4 Å². The molecule has 5 heteroatoms. The highest BCUT2D eigenvalue weighted by atomic mass is 79.9. The molecule has 0 radical (unpaired) electrons. The molecule has 0 spiro atoms. The molecule has 120 valence electrons. The van der Waals surface area contributed by atoms with Gasteiger partial charge in [-0.1, -0.05) is 40.2 Å². The zero-order valence-corrected chi connectivity index (χ0v) is 14.3. The van der Waals surface area contributed by atoms with Crippen molar-refractivity contribution in [2.45, 2.75) is 19.1 Å². The summed E-state index contributed by atoms with van der Waals surface area (Å²) in [4.78, 5) is 14.3. The molecule has 0 unspecified atom stereocenters. The third-order valence-corrected chi connectivity index (χ3v) is 4.72. The van der Waals surface area contributed by atoms with Crippen LogP contribution in [0.4, 0.5) is 0 Å². The summed E-state index contributed by atoms with van der Waals surface area (Å²) in [6.07, 6.45) is 0.865. The van der Waals surface area contributed by atoms with Crippen LogP contribution in [0.3, 0.4) is 0 Å². The largest absolute Gasteiger partial charge is 0.489 e. The zero-order chi connectivity index (χ0) is 16.2. The predicted octanol–water partition coefficient (Wildman–Crippen LogP) is 3.20. The summed E-state index contributed by atoms with van der Waals surface area (Å²) < 4.78 is 6.83. The van der Waals surface area contributed by atoms with E-state index < -0.39 is 0 Å². The van der Waals surface area contributed by atoms with Gasteiger partial charge in [-0.3, -0.25) is 4.79 Å². The summed E-state index contributed by atoms with van der Waals surface area (Å²) in [6, 6.07) is 15.3. The van der Waals surface area contributed by atoms with E-state index in [1.807, 2.05) is 42.5 Å². The maximum Gasteiger partial charge on any atom is 0.254 e. The van der Waals surface area contributed by atoms with Crippen LogP contribution in [0, 0.1) is 0 Å². The molecule has 0 saturated carbocycles. The lowest BCUT2D eigenvalue weighted by Crippen LogP contribution is -2.31. The topological polar surface area (TPSA) is 55.6 Å². The van der Waals surface area contributed by atoms with Crippen LogP contribution >= 0.6 is 15.9 Å². The molecular formula is C18H19BrN2O2. The van der Waals surface area contributed by atoms with Gasteiger partial charge in [0.15, 0.2) is 0 Å². The molecule has 2 N–H and O–H groups in total. The van der Waals surface area contributed by atoms with Crippen molar-refractivity contribution in [3.05, 3.63) is 64.1 Å². The van der Waals surface area contributed by atoms with Crippen LogP contribution in [-0.4, -0.2) is 29.9 Å². The molecule has 0 aliphatic carbocycles. The van der Waals surface area contributed by atoms with Gasteiger partial charge in [-0.15, -0.1) is 0 Å². The Hall–Kier alpha value is -1.85. The van der Waals surface area contributed by atoms with Gasteiger partial charge < -0.3 is 15.4 Å². The molecule has 1 aliphatic rings. The Kier molecular flexibility index (Phi) is 4.98. The molecule has 2 aromatic carbocycles. The maximum atomic E-state index is 12.5. The Morgan fingerprint density at radius 3 is 2.83 bits per heavy atom. The number of amides is 1. The van der Waals surface area contributed by atoms with Crippen molar-refractivity contribution in [3.8, 4) is 5.75 Å². The predicted molar refractivity (Wildman–Crippen MR) is 93.4 cm³/mol. The average molecular weight is 375 g/mol. The third kappa shape index (κ3) is 3.92. The molecular weight excluding hydrogens is 356 g/mol. The molecule has 2 aromatic rings. The van der Waals surface area contributed by atoms with Gasteiger partial charge in [-0.2, -0.15) is 0 Å². The van der Waals surface area contributed by atoms with E-state index >= 15 is 0 Å². The zero-order valence-electron chi connectivity index (χ0n) is 12.7. The molecule has 1 amide bonds. The van der Waals surface area contributed by atoms with Gasteiger partial charge in [0.2, 0.25) is 0 Å². The first-order chi connectivity index (χ1) is 11.1. The second kappa shape index (κ2) is 7.15. The van der Waals surface area contributed by atoms with Gasteiger partial charge in [0.25, 0.3) is 5.91 Å². The van der Waals surface area contributed by atoms with E-state index in [2.05, 4.69) is 15.9 Å². The molecule has 3 rings (SSSR count). The minimum absolute atomic E-state index is 0.0179. The number of rotatable bonds is 4. The van der Waals surface area contributed by atoms with Crippen LogP contribution in [0.5, 0.6) is 5.75 Å². The maximum absolute atomic E-state index is 12.5. The Labute approximate surface area is 144 Å². The number of carbonyl (C=O) groups is 1. The second-order valence-corrected chi connectivity index (χ2v) is 6.56. The van der Waals surface area contributed by atoms with Gasteiger partial charge in [-0.25, -0.2) is 0 Å². The summed E-state index contributed by atoms with van der Waals surface area (Å²) in [5.74, 6) is 0.708. The highest BCUT2D eigenvalue weighted by Gasteiger charge is 2.24. The summed E-state index contributed by atoms with van der Waals surface area (Å²) >= 11 is 3.51. The lowest BCUT2D eigenvalue weighted by atomic mass is 10.2. The Morgan fingerprint density at radius 1 is 1.26 bits per heavy atom. The van der Waals surface area contributed by atoms with Gasteiger partial charge in [0.05, 0.1) is 0 Å². The fourth-order valence-electron chi connectivity index (χ4n) is 2.65. The minimum Gasteiger partial charge on any atom is -0.489 e. The standard InChI is InChI=1S/C18H19BrN2O2/c19-17-7-2-1-4-14(17)12-23-16-6-3-5-13(10-16)18(22)21-9-8-15(20)11-21/h1-7,10,15H,8-9,11-12,20H2/t15-/m1/s1. The minimum atomic E-state index is 0.0179. The fourth-order valence-corrected chi connectivity index (χ4v) is 3.05. The highest BCUT2D eigenvalue weighted by molar-refractivity contribution is 9.10. The van der Waals surface area contributed by atoms with Crippen molar-refractivity contribution in [2.75, 3.05) is 13.1 Å². The van der Waals surface area contributed by atoms with Crippen LogP contribution in [0.25, 0.3) is 0 Å². The number of carbonyl (C=O) groups excluding carboxylic acids is 1. The van der Waals surface area contributed by atoms with Gasteiger partial charge >= 0.3 is 0 Å². The number of ether oxygens (including phenoxy) is 1. The smallest absolute Gasteiger partial charge is 0.254 e. The number of nitrogens with two attached hydrogens (primary N) is 1. The summed E-state index contributed by atoms with van der Waals surface area (Å²) in [6.45, 7) is 1.80. The summed E-state index contributed by atoms with van der Waals surface area (Å²) in [5.41, 5.74) is 7.58. The number of benzene rings is 2. The molecule has 1 heterocycles. The Balaban J connectivity index is 1.68. The normalized spacial score (nSPS) is 17.3. The first-order valence-corrected chi connectivity index (χ1v) is 8.44. The number of nitrogens with zero attached hydrogens (tertiary/aromatic N) is 1. The van der Waals surface area contributed by atoms with Crippen LogP contribution in [0.1, 0.15) is 22.3 Å². The first kappa shape index (κ1) is 16.0. The number of hydrogen-bond donors (Lipinski definition) is 1.